The zero-order valence-electron chi connectivity index (χ0n) is 8.88. The van der Waals surface area contributed by atoms with E-state index in [0.717, 1.165) is 13.0 Å². The number of nitrogens with zero attached hydrogens (tertiary/aromatic N) is 1. The Labute approximate surface area is 85.4 Å². The fourth-order valence-corrected chi connectivity index (χ4v) is 1.76. The van der Waals surface area contributed by atoms with Crippen LogP contribution in [-0.2, 0) is 9.53 Å². The van der Waals surface area contributed by atoms with Gasteiger partial charge in [0.15, 0.2) is 0 Å². The molecule has 0 aromatic heterocycles. The molecule has 0 radical (unpaired) electrons. The molecule has 1 unspecified atom stereocenters. The van der Waals surface area contributed by atoms with Gasteiger partial charge in [-0.1, -0.05) is 5.92 Å². The molecule has 1 aliphatic rings. The van der Waals surface area contributed by atoms with Crippen molar-refractivity contribution < 1.29 is 9.53 Å². The lowest BCUT2D eigenvalue weighted by molar-refractivity contribution is -0.133. The molecule has 0 spiro atoms. The van der Waals surface area contributed by atoms with Gasteiger partial charge in [-0.2, -0.15) is 0 Å². The normalized spacial score (nSPS) is 22.3. The molecular formula is C11H17NO2. The third-order valence-electron chi connectivity index (χ3n) is 2.49. The van der Waals surface area contributed by atoms with Crippen molar-refractivity contribution in [2.45, 2.75) is 19.3 Å². The molecule has 0 N–H and O–H groups in total. The zero-order valence-corrected chi connectivity index (χ0v) is 8.88. The Bertz CT molecular complexity index is 252. The van der Waals surface area contributed by atoms with Crippen LogP contribution in [-0.4, -0.2) is 38.1 Å². The Morgan fingerprint density at radius 3 is 3.07 bits per heavy atom. The van der Waals surface area contributed by atoms with Crippen LogP contribution < -0.4 is 0 Å². The highest BCUT2D eigenvalue weighted by Crippen LogP contribution is 2.17. The van der Waals surface area contributed by atoms with Gasteiger partial charge in [0.2, 0.25) is 0 Å². The number of likely N-dealkylation sites (tertiary alicyclic amines) is 1. The molecule has 3 nitrogen and oxygen atoms in total. The Morgan fingerprint density at radius 1 is 1.64 bits per heavy atom. The van der Waals surface area contributed by atoms with Crippen LogP contribution >= 0.6 is 0 Å². The van der Waals surface area contributed by atoms with E-state index in [4.69, 9.17) is 0 Å². The van der Waals surface area contributed by atoms with Gasteiger partial charge in [-0.15, -0.1) is 0 Å². The van der Waals surface area contributed by atoms with E-state index >= 15 is 0 Å². The number of carbonyl (C=O) groups excluding carboxylic acids is 1. The average Bonchev–Trinajstić information content (AvgIpc) is 2.17. The molecule has 1 fully saturated rings. The van der Waals surface area contributed by atoms with Crippen molar-refractivity contribution in [3.05, 3.63) is 0 Å². The number of hydrogen-bond acceptors (Lipinski definition) is 3. The monoisotopic (exact) mass is 195 g/mol. The first kappa shape index (κ1) is 11.1. The SMILES string of the molecule is COC(=O)C#CCC1CCCN(C)C1. The summed E-state index contributed by atoms with van der Waals surface area (Å²) < 4.78 is 4.44. The van der Waals surface area contributed by atoms with Crippen LogP contribution in [0.3, 0.4) is 0 Å². The van der Waals surface area contributed by atoms with Gasteiger partial charge in [0.1, 0.15) is 0 Å². The lowest BCUT2D eigenvalue weighted by Gasteiger charge is -2.28. The first-order valence-corrected chi connectivity index (χ1v) is 4.97. The molecule has 3 heteroatoms. The van der Waals surface area contributed by atoms with E-state index in [1.165, 1.54) is 26.5 Å². The molecule has 1 rings (SSSR count). The number of esters is 1. The van der Waals surface area contributed by atoms with Crippen molar-refractivity contribution in [3.63, 3.8) is 0 Å². The zero-order chi connectivity index (χ0) is 10.4. The molecule has 1 heterocycles. The van der Waals surface area contributed by atoms with Gasteiger partial charge < -0.3 is 9.64 Å². The Morgan fingerprint density at radius 2 is 2.43 bits per heavy atom. The maximum atomic E-state index is 10.7. The van der Waals surface area contributed by atoms with E-state index in [1.54, 1.807) is 0 Å². The van der Waals surface area contributed by atoms with Gasteiger partial charge in [0.05, 0.1) is 7.11 Å². The third kappa shape index (κ3) is 3.80. The minimum Gasteiger partial charge on any atom is -0.459 e. The lowest BCUT2D eigenvalue weighted by atomic mass is 9.95. The van der Waals surface area contributed by atoms with Crippen LogP contribution in [0.5, 0.6) is 0 Å². The first-order valence-electron chi connectivity index (χ1n) is 4.97. The Kier molecular flexibility index (Phi) is 4.48. The molecule has 1 atom stereocenters. The highest BCUT2D eigenvalue weighted by atomic mass is 16.5. The second-order valence-electron chi connectivity index (χ2n) is 3.77. The Hall–Kier alpha value is -1.01. The smallest absolute Gasteiger partial charge is 0.384 e. The van der Waals surface area contributed by atoms with Crippen molar-refractivity contribution in [2.24, 2.45) is 5.92 Å². The van der Waals surface area contributed by atoms with Crippen LogP contribution in [0.2, 0.25) is 0 Å². The maximum absolute atomic E-state index is 10.7. The van der Waals surface area contributed by atoms with Gasteiger partial charge in [-0.3, -0.25) is 0 Å². The molecular weight excluding hydrogens is 178 g/mol. The summed E-state index contributed by atoms with van der Waals surface area (Å²) in [6, 6.07) is 0. The van der Waals surface area contributed by atoms with Crippen molar-refractivity contribution >= 4 is 5.97 Å². The predicted molar refractivity (Wildman–Crippen MR) is 54.6 cm³/mol. The number of hydrogen-bond donors (Lipinski definition) is 0. The molecule has 0 aliphatic carbocycles. The van der Waals surface area contributed by atoms with Gasteiger partial charge in [-0.25, -0.2) is 4.79 Å². The van der Waals surface area contributed by atoms with Crippen LogP contribution in [0.1, 0.15) is 19.3 Å². The summed E-state index contributed by atoms with van der Waals surface area (Å²) >= 11 is 0. The van der Waals surface area contributed by atoms with Gasteiger partial charge in [0, 0.05) is 18.9 Å². The fourth-order valence-electron chi connectivity index (χ4n) is 1.76. The van der Waals surface area contributed by atoms with Gasteiger partial charge >= 0.3 is 5.97 Å². The van der Waals surface area contributed by atoms with E-state index in [9.17, 15) is 4.79 Å². The van der Waals surface area contributed by atoms with Crippen LogP contribution in [0.15, 0.2) is 0 Å². The summed E-state index contributed by atoms with van der Waals surface area (Å²) in [5.41, 5.74) is 0. The van der Waals surface area contributed by atoms with Crippen molar-refractivity contribution in [3.8, 4) is 11.8 Å². The van der Waals surface area contributed by atoms with Crippen LogP contribution in [0, 0.1) is 17.8 Å². The van der Waals surface area contributed by atoms with Gasteiger partial charge in [-0.05, 0) is 32.4 Å². The molecule has 1 aliphatic heterocycles. The summed E-state index contributed by atoms with van der Waals surface area (Å²) in [6.45, 7) is 2.27. The summed E-state index contributed by atoms with van der Waals surface area (Å²) in [5, 5.41) is 0. The average molecular weight is 195 g/mol. The summed E-state index contributed by atoms with van der Waals surface area (Å²) in [6.07, 6.45) is 3.26. The first-order chi connectivity index (χ1) is 6.72. The van der Waals surface area contributed by atoms with E-state index in [1.807, 2.05) is 0 Å². The number of ether oxygens (including phenoxy) is 1. The standard InChI is InChI=1S/C11H17NO2/c1-12-8-4-6-10(9-12)5-3-7-11(13)14-2/h10H,4-6,8-9H2,1-2H3. The van der Waals surface area contributed by atoms with E-state index in [2.05, 4.69) is 28.5 Å². The maximum Gasteiger partial charge on any atom is 0.384 e. The van der Waals surface area contributed by atoms with Crippen molar-refractivity contribution in [1.82, 2.24) is 4.90 Å². The topological polar surface area (TPSA) is 29.5 Å². The fraction of sp³-hybridized carbons (Fsp3) is 0.727. The molecule has 78 valence electrons. The molecule has 0 aromatic rings. The largest absolute Gasteiger partial charge is 0.459 e. The summed E-state index contributed by atoms with van der Waals surface area (Å²) in [4.78, 5) is 13.0. The quantitative estimate of drug-likeness (QED) is 0.353. The second kappa shape index (κ2) is 5.66. The molecule has 0 aromatic carbocycles. The predicted octanol–water partition coefficient (Wildman–Crippen LogP) is 0.895. The van der Waals surface area contributed by atoms with Crippen molar-refractivity contribution in [1.29, 1.82) is 0 Å². The number of methoxy groups -OCH3 is 1. The Balaban J connectivity index is 2.28. The molecule has 0 saturated carbocycles. The van der Waals surface area contributed by atoms with Crippen molar-refractivity contribution in [2.75, 3.05) is 27.2 Å². The molecule has 1 saturated heterocycles. The lowest BCUT2D eigenvalue weighted by Crippen LogP contribution is -2.31. The number of rotatable bonds is 1. The number of piperidine rings is 1. The van der Waals surface area contributed by atoms with E-state index in [0.29, 0.717) is 5.92 Å². The highest BCUT2D eigenvalue weighted by molar-refractivity contribution is 5.88. The van der Waals surface area contributed by atoms with Crippen LogP contribution in [0.4, 0.5) is 0 Å². The minimum atomic E-state index is -0.436. The highest BCUT2D eigenvalue weighted by Gasteiger charge is 2.15. The molecule has 0 amide bonds. The summed E-state index contributed by atoms with van der Waals surface area (Å²) in [5.74, 6) is 5.52. The summed E-state index contributed by atoms with van der Waals surface area (Å²) in [7, 11) is 3.48. The van der Waals surface area contributed by atoms with Crippen LogP contribution in [0.25, 0.3) is 0 Å². The number of carbonyl (C=O) groups is 1. The molecule has 14 heavy (non-hydrogen) atoms. The third-order valence-corrected chi connectivity index (χ3v) is 2.49. The second-order valence-corrected chi connectivity index (χ2v) is 3.77. The van der Waals surface area contributed by atoms with E-state index in [-0.39, 0.29) is 0 Å². The van der Waals surface area contributed by atoms with Gasteiger partial charge in [0.25, 0.3) is 0 Å². The van der Waals surface area contributed by atoms with E-state index < -0.39 is 5.97 Å². The molecule has 0 bridgehead atoms. The minimum absolute atomic E-state index is 0.436.